The average Bonchev–Trinajstić information content (AvgIpc) is 1.49. The minimum absolute atomic E-state index is 0.139. The second-order valence-electron chi connectivity index (χ2n) is 37.7. The fourth-order valence-corrected chi connectivity index (χ4v) is 27.4. The van der Waals surface area contributed by atoms with Crippen LogP contribution in [-0.2, 0) is 10.8 Å². The standard InChI is InChI=1S/C58H42N4.C56H44N4/c1-4-12-48-42(9-1)43-21-19-40(32-49(43)58(48)38-26-34-25-35(28-38)29-39(58)27-34)61-54-15-7-2-10-44(54)46-30-36(17-23-56(46)61)37-18-24-57-47(31-37)45-11-3-8-16-55(45)62(57)41-20-22-52-53(33-41)60-51-14-6-5-13-50(51)59-52;1-32-33(2)58-51-31-41(18-20-50(51)57-32)60-53-14-8-5-11-45(53)47-29-37(16-22-55(47)60)36-15-21-54-46(28-36)44-10-4-7-13-52(44)59(54)40-17-19-43-42-9-3-6-12-48(42)56(49(43)30-40)38-24-34-23-35(26-38)27-39(56)25-34/h1-24,30-35,38-39H,25-29H2;3-22,28-31,34-35,38-39H,23-27H2,1-2H3. The van der Waals surface area contributed by atoms with Crippen LogP contribution in [0.25, 0.3) is 188 Å². The van der Waals surface area contributed by atoms with Crippen LogP contribution in [-0.4, -0.2) is 38.2 Å². The predicted octanol–water partition coefficient (Wildman–Crippen LogP) is 28.2. The van der Waals surface area contributed by atoms with Gasteiger partial charge in [0.1, 0.15) is 0 Å². The molecule has 10 aliphatic rings. The van der Waals surface area contributed by atoms with E-state index in [4.69, 9.17) is 19.9 Å². The Balaban J connectivity index is 0.000000126. The molecular weight excluding hydrogens is 1480 g/mol. The number of rotatable bonds is 6. The van der Waals surface area contributed by atoms with Crippen molar-refractivity contribution in [2.45, 2.75) is 88.9 Å². The maximum Gasteiger partial charge on any atom is 0.0915 e. The van der Waals surface area contributed by atoms with E-state index in [2.05, 4.69) is 309 Å². The number of benzene rings is 15. The maximum atomic E-state index is 5.01. The summed E-state index contributed by atoms with van der Waals surface area (Å²) in [6, 6.07) is 119. The van der Waals surface area contributed by atoms with E-state index in [0.717, 1.165) is 103 Å². The highest BCUT2D eigenvalue weighted by Crippen LogP contribution is 2.72. The van der Waals surface area contributed by atoms with Gasteiger partial charge >= 0.3 is 0 Å². The van der Waals surface area contributed by atoms with Gasteiger partial charge in [-0.25, -0.2) is 19.9 Å². The van der Waals surface area contributed by atoms with Gasteiger partial charge in [0.25, 0.3) is 0 Å². The summed E-state index contributed by atoms with van der Waals surface area (Å²) < 4.78 is 9.86. The minimum atomic E-state index is 0.139. The van der Waals surface area contributed by atoms with E-state index in [1.54, 1.807) is 22.3 Å². The largest absolute Gasteiger partial charge is 0.309 e. The van der Waals surface area contributed by atoms with E-state index in [-0.39, 0.29) is 10.8 Å². The van der Waals surface area contributed by atoms with E-state index >= 15 is 0 Å². The van der Waals surface area contributed by atoms with Gasteiger partial charge in [0.2, 0.25) is 0 Å². The molecule has 6 aromatic heterocycles. The molecule has 2 spiro atoms. The highest BCUT2D eigenvalue weighted by Gasteiger charge is 2.63. The minimum Gasteiger partial charge on any atom is -0.309 e. The summed E-state index contributed by atoms with van der Waals surface area (Å²) in [5.41, 5.74) is 39.5. The van der Waals surface area contributed by atoms with Crippen molar-refractivity contribution in [3.05, 3.63) is 349 Å². The van der Waals surface area contributed by atoms with Crippen LogP contribution in [0.5, 0.6) is 0 Å². The molecule has 8 bridgehead atoms. The Bertz CT molecular complexity index is 8120. The first kappa shape index (κ1) is 68.2. The molecule has 15 aromatic carbocycles. The molecule has 0 radical (unpaired) electrons. The van der Waals surface area contributed by atoms with Crippen molar-refractivity contribution in [3.63, 3.8) is 0 Å². The number of nitrogens with zero attached hydrogens (tertiary/aromatic N) is 8. The molecule has 8 saturated carbocycles. The molecule has 0 unspecified atom stereocenters. The number of hydrogen-bond acceptors (Lipinski definition) is 4. The number of aromatic nitrogens is 8. The van der Waals surface area contributed by atoms with E-state index in [0.29, 0.717) is 0 Å². The lowest BCUT2D eigenvalue weighted by atomic mass is 9.43. The molecule has 0 amide bonds. The Labute approximate surface area is 706 Å². The normalized spacial score (nSPS) is 22.4. The van der Waals surface area contributed by atoms with Crippen LogP contribution in [0, 0.1) is 61.2 Å². The first-order valence-corrected chi connectivity index (χ1v) is 44.7. The third-order valence-electron chi connectivity index (χ3n) is 31.8. The summed E-state index contributed by atoms with van der Waals surface area (Å²) in [5, 5.41) is 10.1. The van der Waals surface area contributed by atoms with Crippen molar-refractivity contribution in [2.24, 2.45) is 47.3 Å². The molecule has 0 saturated heterocycles. The van der Waals surface area contributed by atoms with E-state index < -0.39 is 0 Å². The summed E-state index contributed by atoms with van der Waals surface area (Å²) in [6.07, 6.45) is 14.1. The zero-order chi connectivity index (χ0) is 79.7. The quantitative estimate of drug-likeness (QED) is 0.156. The lowest BCUT2D eigenvalue weighted by Gasteiger charge is -2.61. The molecule has 8 nitrogen and oxygen atoms in total. The SMILES string of the molecule is Cc1nc2ccc(-n3c4ccccc4c4cc(-c5ccc6c(c5)c5ccccc5n6-c5ccc6c(c5)C5(c7ccccc7-6)C6CC7CC(C6)CC5C7)ccc43)cc2nc1C.c1ccc2c(c1)-c1ccc(-n3c4ccccc4c4cc(-c5ccc6c(c5)c5ccccc5n6-c5ccc6nc7ccccc7nc6c5)ccc43)cc1C21C2CC3CC(C2)CC1C3. The Morgan fingerprint density at radius 2 is 0.484 bits per heavy atom. The Morgan fingerprint density at radius 1 is 0.213 bits per heavy atom. The highest BCUT2D eigenvalue weighted by atomic mass is 15.0. The Kier molecular flexibility index (Phi) is 14.0. The first-order valence-electron chi connectivity index (χ1n) is 44.7. The monoisotopic (exact) mass is 1570 g/mol. The van der Waals surface area contributed by atoms with E-state index in [9.17, 15) is 0 Å². The molecular formula is C114H86N8. The highest BCUT2D eigenvalue weighted by molar-refractivity contribution is 6.15. The third-order valence-corrected chi connectivity index (χ3v) is 31.8. The van der Waals surface area contributed by atoms with Crippen molar-refractivity contribution < 1.29 is 0 Å². The third kappa shape index (κ3) is 9.37. The zero-order valence-electron chi connectivity index (χ0n) is 68.3. The number of para-hydroxylation sites is 6. The number of fused-ring (bicyclic) bond motifs is 21. The van der Waals surface area contributed by atoms with Crippen LogP contribution < -0.4 is 0 Å². The molecule has 8 heteroatoms. The van der Waals surface area contributed by atoms with Crippen LogP contribution in [0.4, 0.5) is 0 Å². The van der Waals surface area contributed by atoms with Gasteiger partial charge in [-0.3, -0.25) is 0 Å². The van der Waals surface area contributed by atoms with Crippen molar-refractivity contribution in [1.29, 1.82) is 0 Å². The topological polar surface area (TPSA) is 71.3 Å². The van der Waals surface area contributed by atoms with Gasteiger partial charge in [0.15, 0.2) is 0 Å². The zero-order valence-corrected chi connectivity index (χ0v) is 68.3. The second kappa shape index (κ2) is 25.0. The van der Waals surface area contributed by atoms with Crippen molar-refractivity contribution >= 4 is 120 Å². The maximum absolute atomic E-state index is 5.01. The van der Waals surface area contributed by atoms with Gasteiger partial charge in [-0.2, -0.15) is 0 Å². The van der Waals surface area contributed by atoms with Crippen LogP contribution in [0.1, 0.15) is 97.8 Å². The molecule has 31 rings (SSSR count). The molecule has 21 aromatic rings. The molecule has 6 heterocycles. The molecule has 122 heavy (non-hydrogen) atoms. The van der Waals surface area contributed by atoms with Gasteiger partial charge in [-0.05, 0) is 338 Å². The van der Waals surface area contributed by atoms with Crippen molar-refractivity contribution in [2.75, 3.05) is 0 Å². The predicted molar refractivity (Wildman–Crippen MR) is 501 cm³/mol. The number of aryl methyl sites for hydroxylation is 2. The summed E-state index contributed by atoms with van der Waals surface area (Å²) in [6.45, 7) is 4.06. The van der Waals surface area contributed by atoms with Crippen LogP contribution in [0.3, 0.4) is 0 Å². The van der Waals surface area contributed by atoms with Crippen molar-refractivity contribution in [3.8, 4) is 67.3 Å². The molecule has 8 fully saturated rings. The van der Waals surface area contributed by atoms with E-state index in [1.165, 1.54) is 207 Å². The second-order valence-corrected chi connectivity index (χ2v) is 37.7. The smallest absolute Gasteiger partial charge is 0.0915 e. The summed E-state index contributed by atoms with van der Waals surface area (Å²) in [5.74, 6) is 6.68. The molecule has 10 aliphatic carbocycles. The summed E-state index contributed by atoms with van der Waals surface area (Å²) >= 11 is 0. The van der Waals surface area contributed by atoms with Gasteiger partial charge in [0, 0.05) is 76.7 Å². The lowest BCUT2D eigenvalue weighted by Crippen LogP contribution is -2.55. The van der Waals surface area contributed by atoms with Gasteiger partial charge in [0.05, 0.1) is 88.6 Å². The molecule has 0 aliphatic heterocycles. The summed E-state index contributed by atoms with van der Waals surface area (Å²) in [4.78, 5) is 19.6. The van der Waals surface area contributed by atoms with Gasteiger partial charge in [-0.1, -0.05) is 170 Å². The van der Waals surface area contributed by atoms with E-state index in [1.807, 2.05) is 38.1 Å². The molecule has 0 atom stereocenters. The van der Waals surface area contributed by atoms with Gasteiger partial charge < -0.3 is 18.3 Å². The van der Waals surface area contributed by atoms with Crippen molar-refractivity contribution in [1.82, 2.24) is 38.2 Å². The fourth-order valence-electron chi connectivity index (χ4n) is 27.4. The Hall–Kier alpha value is -13.6. The fraction of sp³-hybridized carbons (Fsp3) is 0.193. The first-order chi connectivity index (χ1) is 60.2. The van der Waals surface area contributed by atoms with Gasteiger partial charge in [-0.15, -0.1) is 0 Å². The molecule has 582 valence electrons. The van der Waals surface area contributed by atoms with Crippen LogP contribution in [0.2, 0.25) is 0 Å². The average molecular weight is 1570 g/mol. The lowest BCUT2D eigenvalue weighted by molar-refractivity contribution is -0.0399. The van der Waals surface area contributed by atoms with Crippen LogP contribution in [0.15, 0.2) is 315 Å². The number of hydrogen-bond donors (Lipinski definition) is 0. The summed E-state index contributed by atoms with van der Waals surface area (Å²) in [7, 11) is 0. The Morgan fingerprint density at radius 3 is 0.861 bits per heavy atom. The molecule has 0 N–H and O–H groups in total. The van der Waals surface area contributed by atoms with Crippen LogP contribution >= 0.6 is 0 Å².